The maximum atomic E-state index is 12.2. The van der Waals surface area contributed by atoms with Crippen molar-refractivity contribution < 1.29 is 8.42 Å². The van der Waals surface area contributed by atoms with Crippen LogP contribution in [0.3, 0.4) is 0 Å². The zero-order chi connectivity index (χ0) is 12.3. The molecule has 0 aliphatic heterocycles. The molecule has 3 N–H and O–H groups in total. The summed E-state index contributed by atoms with van der Waals surface area (Å²) >= 11 is 0. The summed E-state index contributed by atoms with van der Waals surface area (Å²) in [6.07, 6.45) is 6.98. The quantitative estimate of drug-likeness (QED) is 0.704. The Morgan fingerprint density at radius 1 is 1.18 bits per heavy atom. The Hall–Kier alpha value is -0.170. The molecule has 0 aromatic rings. The molecule has 0 unspecified atom stereocenters. The summed E-state index contributed by atoms with van der Waals surface area (Å²) in [5, 5.41) is 0. The largest absolute Gasteiger partial charge is 0.330 e. The Labute approximate surface area is 104 Å². The van der Waals surface area contributed by atoms with Crippen molar-refractivity contribution in [3.05, 3.63) is 0 Å². The van der Waals surface area contributed by atoms with E-state index in [9.17, 15) is 8.42 Å². The summed E-state index contributed by atoms with van der Waals surface area (Å²) in [5.74, 6) is 0. The lowest BCUT2D eigenvalue weighted by Gasteiger charge is -2.28. The van der Waals surface area contributed by atoms with E-state index in [0.29, 0.717) is 13.1 Å². The molecular weight excluding hydrogens is 238 g/mol. The fourth-order valence-electron chi connectivity index (χ4n) is 2.42. The number of nitrogens with one attached hydrogen (secondary N) is 1. The summed E-state index contributed by atoms with van der Waals surface area (Å²) in [7, 11) is -3.29. The van der Waals surface area contributed by atoms with Gasteiger partial charge in [-0.05, 0) is 38.6 Å². The second-order valence-corrected chi connectivity index (χ2v) is 6.74. The third kappa shape index (κ3) is 3.64. The maximum Gasteiger partial charge on any atom is 0.279 e. The molecule has 0 saturated heterocycles. The number of nitrogens with zero attached hydrogens (tertiary/aromatic N) is 1. The van der Waals surface area contributed by atoms with Gasteiger partial charge in [-0.1, -0.05) is 12.8 Å². The number of nitrogens with two attached hydrogens (primary N) is 1. The predicted octanol–water partition coefficient (Wildman–Crippen LogP) is 0.577. The van der Waals surface area contributed by atoms with Gasteiger partial charge in [0.15, 0.2) is 0 Å². The lowest BCUT2D eigenvalue weighted by Crippen LogP contribution is -2.47. The number of hydrogen-bond acceptors (Lipinski definition) is 3. The number of rotatable bonds is 7. The first-order valence-corrected chi connectivity index (χ1v) is 8.06. The molecule has 0 bridgehead atoms. The van der Waals surface area contributed by atoms with Crippen molar-refractivity contribution >= 4 is 10.2 Å². The first-order valence-electron chi connectivity index (χ1n) is 6.62. The van der Waals surface area contributed by atoms with Gasteiger partial charge in [-0.15, -0.1) is 0 Å². The smallest absolute Gasteiger partial charge is 0.279 e. The molecule has 2 aliphatic carbocycles. The van der Waals surface area contributed by atoms with Crippen LogP contribution in [-0.2, 0) is 10.2 Å². The molecule has 0 atom stereocenters. The van der Waals surface area contributed by atoms with Crippen LogP contribution in [0, 0.1) is 0 Å². The van der Waals surface area contributed by atoms with Crippen LogP contribution >= 0.6 is 0 Å². The van der Waals surface area contributed by atoms with E-state index in [0.717, 1.165) is 44.9 Å². The van der Waals surface area contributed by atoms with E-state index in [2.05, 4.69) is 4.72 Å². The first-order chi connectivity index (χ1) is 8.13. The average Bonchev–Trinajstić information content (AvgIpc) is 2.92. The van der Waals surface area contributed by atoms with Gasteiger partial charge in [0, 0.05) is 18.6 Å². The molecule has 2 aliphatic rings. The van der Waals surface area contributed by atoms with Gasteiger partial charge in [0.05, 0.1) is 0 Å². The van der Waals surface area contributed by atoms with E-state index >= 15 is 0 Å². The zero-order valence-electron chi connectivity index (χ0n) is 10.3. The molecule has 0 amide bonds. The Morgan fingerprint density at radius 2 is 1.82 bits per heavy atom. The Morgan fingerprint density at radius 3 is 2.35 bits per heavy atom. The van der Waals surface area contributed by atoms with Crippen LogP contribution in [-0.4, -0.2) is 37.9 Å². The Bertz CT molecular complexity index is 335. The van der Waals surface area contributed by atoms with Crippen LogP contribution in [0.5, 0.6) is 0 Å². The molecule has 6 heteroatoms. The molecule has 2 fully saturated rings. The van der Waals surface area contributed by atoms with Crippen molar-refractivity contribution in [2.24, 2.45) is 5.73 Å². The summed E-state index contributed by atoms with van der Waals surface area (Å²) in [6.45, 7) is 1.10. The average molecular weight is 261 g/mol. The maximum absolute atomic E-state index is 12.2. The van der Waals surface area contributed by atoms with Crippen LogP contribution in [0.1, 0.15) is 44.9 Å². The Kier molecular flexibility index (Phi) is 4.41. The van der Waals surface area contributed by atoms with Gasteiger partial charge in [-0.25, -0.2) is 0 Å². The van der Waals surface area contributed by atoms with Gasteiger partial charge in [-0.3, -0.25) is 0 Å². The van der Waals surface area contributed by atoms with E-state index in [1.54, 1.807) is 4.31 Å². The molecular formula is C11H23N3O2S. The van der Waals surface area contributed by atoms with Gasteiger partial charge in [-0.2, -0.15) is 17.4 Å². The van der Waals surface area contributed by atoms with E-state index in [-0.39, 0.29) is 12.1 Å². The predicted molar refractivity (Wildman–Crippen MR) is 67.7 cm³/mol. The van der Waals surface area contributed by atoms with Crippen molar-refractivity contribution in [2.75, 3.05) is 13.1 Å². The minimum Gasteiger partial charge on any atom is -0.330 e. The van der Waals surface area contributed by atoms with Crippen LogP contribution < -0.4 is 10.5 Å². The first kappa shape index (κ1) is 13.3. The molecule has 5 nitrogen and oxygen atoms in total. The van der Waals surface area contributed by atoms with Crippen molar-refractivity contribution in [1.29, 1.82) is 0 Å². The van der Waals surface area contributed by atoms with E-state index in [1.807, 2.05) is 0 Å². The van der Waals surface area contributed by atoms with Crippen molar-refractivity contribution in [1.82, 2.24) is 9.03 Å². The minimum absolute atomic E-state index is 0.182. The number of hydrogen-bond donors (Lipinski definition) is 2. The van der Waals surface area contributed by atoms with Crippen molar-refractivity contribution in [2.45, 2.75) is 57.0 Å². The van der Waals surface area contributed by atoms with Gasteiger partial charge in [0.2, 0.25) is 0 Å². The summed E-state index contributed by atoms with van der Waals surface area (Å²) in [5.41, 5.74) is 5.49. The third-order valence-corrected chi connectivity index (χ3v) is 5.25. The second-order valence-electron chi connectivity index (χ2n) is 5.09. The van der Waals surface area contributed by atoms with Crippen LogP contribution in [0.4, 0.5) is 0 Å². The highest BCUT2D eigenvalue weighted by Gasteiger charge is 2.35. The zero-order valence-corrected chi connectivity index (χ0v) is 11.1. The lowest BCUT2D eigenvalue weighted by atomic mass is 10.2. The third-order valence-electron chi connectivity index (χ3n) is 3.52. The molecule has 0 aromatic carbocycles. The van der Waals surface area contributed by atoms with E-state index < -0.39 is 10.2 Å². The van der Waals surface area contributed by atoms with Gasteiger partial charge < -0.3 is 5.73 Å². The van der Waals surface area contributed by atoms with Crippen LogP contribution in [0.15, 0.2) is 0 Å². The van der Waals surface area contributed by atoms with E-state index in [1.165, 1.54) is 0 Å². The lowest BCUT2D eigenvalue weighted by molar-refractivity contribution is 0.315. The molecule has 17 heavy (non-hydrogen) atoms. The highest BCUT2D eigenvalue weighted by Crippen LogP contribution is 2.27. The fourth-order valence-corrected chi connectivity index (χ4v) is 4.18. The molecule has 0 heterocycles. The monoisotopic (exact) mass is 261 g/mol. The standard InChI is InChI=1S/C11H23N3O2S/c12-8-3-9-14(11-4-1-2-5-11)17(15,16)13-10-6-7-10/h10-11,13H,1-9,12H2. The van der Waals surface area contributed by atoms with Crippen LogP contribution in [0.2, 0.25) is 0 Å². The molecule has 0 aromatic heterocycles. The van der Waals surface area contributed by atoms with E-state index in [4.69, 9.17) is 5.73 Å². The normalized spacial score (nSPS) is 22.5. The molecule has 0 radical (unpaired) electrons. The minimum atomic E-state index is -3.29. The second kappa shape index (κ2) is 5.65. The highest BCUT2D eigenvalue weighted by molar-refractivity contribution is 7.87. The fraction of sp³-hybridized carbons (Fsp3) is 1.00. The molecule has 2 saturated carbocycles. The van der Waals surface area contributed by atoms with Gasteiger partial charge >= 0.3 is 0 Å². The summed E-state index contributed by atoms with van der Waals surface area (Å²) in [6, 6.07) is 0.375. The van der Waals surface area contributed by atoms with Gasteiger partial charge in [0.25, 0.3) is 10.2 Å². The Balaban J connectivity index is 2.01. The molecule has 0 spiro atoms. The highest BCUT2D eigenvalue weighted by atomic mass is 32.2. The molecule has 100 valence electrons. The molecule has 2 rings (SSSR count). The van der Waals surface area contributed by atoms with Crippen LogP contribution in [0.25, 0.3) is 0 Å². The SMILES string of the molecule is NCCCN(C1CCCC1)S(=O)(=O)NC1CC1. The summed E-state index contributed by atoms with van der Waals surface area (Å²) < 4.78 is 28.9. The van der Waals surface area contributed by atoms with Crippen molar-refractivity contribution in [3.63, 3.8) is 0 Å². The van der Waals surface area contributed by atoms with Crippen molar-refractivity contribution in [3.8, 4) is 0 Å². The summed E-state index contributed by atoms with van der Waals surface area (Å²) in [4.78, 5) is 0. The van der Waals surface area contributed by atoms with Gasteiger partial charge in [0.1, 0.15) is 0 Å². The topological polar surface area (TPSA) is 75.4 Å².